The van der Waals surface area contributed by atoms with Gasteiger partial charge in [-0.25, -0.2) is 19.9 Å². The molecule has 6 heterocycles. The van der Waals surface area contributed by atoms with Gasteiger partial charge in [0.2, 0.25) is 23.7 Å². The number of aromatic nitrogens is 8. The van der Waals surface area contributed by atoms with E-state index < -0.39 is 11.8 Å². The molecule has 0 spiro atoms. The molecule has 0 atom stereocenters. The number of aromatic hydroxyl groups is 1. The molecule has 3 aromatic carbocycles. The fourth-order valence-electron chi connectivity index (χ4n) is 7.27. The number of anilines is 4. The second-order valence-electron chi connectivity index (χ2n) is 15.6. The Hall–Kier alpha value is -8.08. The van der Waals surface area contributed by atoms with E-state index in [2.05, 4.69) is 78.6 Å². The molecule has 0 fully saturated rings. The van der Waals surface area contributed by atoms with Gasteiger partial charge in [-0.05, 0) is 93.9 Å². The maximum atomic E-state index is 11.8. The van der Waals surface area contributed by atoms with Crippen molar-refractivity contribution in [3.05, 3.63) is 165 Å². The molecule has 0 radical (unpaired) electrons. The molecule has 0 unspecified atom stereocenters. The number of hydrogen-bond acceptors (Lipinski definition) is 12. The number of amides is 2. The summed E-state index contributed by atoms with van der Waals surface area (Å²) in [6, 6.07) is 27.3. The van der Waals surface area contributed by atoms with Crippen molar-refractivity contribution >= 4 is 56.9 Å². The number of fused-ring (bicyclic) bond motifs is 2. The summed E-state index contributed by atoms with van der Waals surface area (Å²) in [5.41, 5.74) is 18.8. The van der Waals surface area contributed by atoms with Crippen LogP contribution in [0.2, 0.25) is 0 Å². The molecule has 18 nitrogen and oxygen atoms in total. The fourth-order valence-corrected chi connectivity index (χ4v) is 7.27. The molecule has 0 aliphatic carbocycles. The van der Waals surface area contributed by atoms with Crippen LogP contribution < -0.4 is 26.8 Å². The predicted octanol–water partition coefficient (Wildman–Crippen LogP) is 7.92. The summed E-state index contributed by atoms with van der Waals surface area (Å²) < 4.78 is 10.4. The van der Waals surface area contributed by atoms with Crippen molar-refractivity contribution in [3.63, 3.8) is 0 Å². The summed E-state index contributed by atoms with van der Waals surface area (Å²) in [5.74, 6) is 0.0687. The summed E-state index contributed by atoms with van der Waals surface area (Å²) in [7, 11) is 0. The van der Waals surface area contributed by atoms with Gasteiger partial charge in [-0.3, -0.25) is 19.6 Å². The zero-order valence-corrected chi connectivity index (χ0v) is 39.9. The van der Waals surface area contributed by atoms with E-state index in [9.17, 15) is 14.7 Å². The second kappa shape index (κ2) is 23.6. The van der Waals surface area contributed by atoms with Crippen LogP contribution in [-0.4, -0.2) is 66.9 Å². The van der Waals surface area contributed by atoms with Gasteiger partial charge in [0.25, 0.3) is 0 Å². The number of phenols is 1. The summed E-state index contributed by atoms with van der Waals surface area (Å²) in [6.07, 6.45) is 14.7. The van der Waals surface area contributed by atoms with Crippen molar-refractivity contribution in [1.29, 1.82) is 0 Å². The number of pyridine rings is 2. The predicted molar refractivity (Wildman–Crippen MR) is 265 cm³/mol. The first-order valence-electron chi connectivity index (χ1n) is 20.8. The van der Waals surface area contributed by atoms with E-state index in [1.165, 1.54) is 18.2 Å². The van der Waals surface area contributed by atoms with Crippen LogP contribution in [0.5, 0.6) is 11.5 Å². The first kappa shape index (κ1) is 53.5. The molecule has 0 aliphatic rings. The van der Waals surface area contributed by atoms with Gasteiger partial charge in [-0.1, -0.05) is 30.3 Å². The molecule has 6 aromatic heterocycles. The third kappa shape index (κ3) is 12.1. The summed E-state index contributed by atoms with van der Waals surface area (Å²) in [4.78, 5) is 49.8. The van der Waals surface area contributed by atoms with Crippen LogP contribution in [0.3, 0.4) is 0 Å². The zero-order chi connectivity index (χ0) is 45.6. The molecule has 0 aliphatic heterocycles. The van der Waals surface area contributed by atoms with Gasteiger partial charge in [0.15, 0.2) is 0 Å². The number of nitrogens with two attached hydrogens (primary N) is 2. The Balaban J connectivity index is 0.000000290. The van der Waals surface area contributed by atoms with Crippen molar-refractivity contribution in [3.8, 4) is 34.0 Å². The average molecular weight is 1020 g/mol. The summed E-state index contributed by atoms with van der Waals surface area (Å²) >= 11 is 0. The maximum Gasteiger partial charge on any atom is 0.248 e. The molecule has 0 saturated carbocycles. The van der Waals surface area contributed by atoms with E-state index >= 15 is 0 Å². The monoisotopic (exact) mass is 1020 g/mol. The van der Waals surface area contributed by atoms with Crippen molar-refractivity contribution in [2.24, 2.45) is 11.5 Å². The Bertz CT molecular complexity index is 3180. The number of phenolic OH excluding ortho intramolecular Hbond substituents is 1. The van der Waals surface area contributed by atoms with E-state index in [4.69, 9.17) is 21.2 Å². The molecule has 9 aromatic rings. The van der Waals surface area contributed by atoms with Gasteiger partial charge < -0.3 is 59.5 Å². The Morgan fingerprint density at radius 3 is 1.62 bits per heavy atom. The zero-order valence-electron chi connectivity index (χ0n) is 38.4. The molecule has 11 N–H and O–H groups in total. The number of carbonyl (C=O) groups is 2. The molecule has 69 heavy (non-hydrogen) atoms. The van der Waals surface area contributed by atoms with E-state index in [1.54, 1.807) is 43.0 Å². The Kier molecular flexibility index (Phi) is 18.3. The molecule has 9 rings (SSSR count). The molecule has 2 amide bonds. The van der Waals surface area contributed by atoms with Crippen molar-refractivity contribution in [2.45, 2.75) is 46.4 Å². The van der Waals surface area contributed by atoms with Gasteiger partial charge in [0.1, 0.15) is 18.1 Å². The molecule has 19 heteroatoms. The van der Waals surface area contributed by atoms with Crippen LogP contribution in [0.25, 0.3) is 44.3 Å². The number of rotatable bonds is 13. The maximum absolute atomic E-state index is 11.8. The summed E-state index contributed by atoms with van der Waals surface area (Å²) in [5, 5.41) is 18.4. The van der Waals surface area contributed by atoms with Gasteiger partial charge >= 0.3 is 0 Å². The second-order valence-corrected chi connectivity index (χ2v) is 15.6. The Labute approximate surface area is 412 Å². The number of ether oxygens (including phenoxy) is 1. The van der Waals surface area contributed by atoms with Crippen LogP contribution in [0, 0.1) is 7.43 Å². The van der Waals surface area contributed by atoms with Gasteiger partial charge in [-0.15, -0.1) is 0 Å². The summed E-state index contributed by atoms with van der Waals surface area (Å²) in [6.45, 7) is 8.85. The van der Waals surface area contributed by atoms with E-state index in [0.717, 1.165) is 49.9 Å². The van der Waals surface area contributed by atoms with Crippen molar-refractivity contribution in [2.75, 3.05) is 10.6 Å². The van der Waals surface area contributed by atoms with Crippen LogP contribution in [-0.2, 0) is 27.0 Å². The largest absolute Gasteiger partial charge is 0.506 e. The molecular formula is C50H53N12O6Pd-. The topological polar surface area (TPSA) is 290 Å². The normalized spacial score (nSPS) is 10.5. The third-order valence-corrected chi connectivity index (χ3v) is 10.5. The number of hydrogen-bond donors (Lipinski definition) is 5. The van der Waals surface area contributed by atoms with Crippen LogP contribution in [0.4, 0.5) is 23.3 Å². The minimum Gasteiger partial charge on any atom is -0.506 e. The van der Waals surface area contributed by atoms with Crippen LogP contribution >= 0.6 is 0 Å². The average Bonchev–Trinajstić information content (AvgIpc) is 3.90. The van der Waals surface area contributed by atoms with Gasteiger partial charge in [0.05, 0.1) is 46.2 Å². The first-order chi connectivity index (χ1) is 31.4. The van der Waals surface area contributed by atoms with Crippen molar-refractivity contribution in [1.82, 2.24) is 39.0 Å². The van der Waals surface area contributed by atoms with Crippen molar-refractivity contribution < 1.29 is 50.8 Å². The van der Waals surface area contributed by atoms with Gasteiger partial charge in [0, 0.05) is 103 Å². The Morgan fingerprint density at radius 1 is 0.652 bits per heavy atom. The molecule has 0 bridgehead atoms. The number of benzene rings is 3. The van der Waals surface area contributed by atoms with E-state index in [-0.39, 0.29) is 62.2 Å². The molecule has 360 valence electrons. The fraction of sp³-hybridized carbons (Fsp3) is 0.140. The number of nitrogens with one attached hydrogen (secondary N) is 2. The van der Waals surface area contributed by atoms with Crippen LogP contribution in [0.15, 0.2) is 141 Å². The quantitative estimate of drug-likeness (QED) is 0.0418. The standard InChI is InChI=1S/C28H26N6O2.C21H20N6O2.CH3.2H2O.Pd/c1-18(2)34-16-22(21-10-12-30-15-25(21)34)23-11-13-31-28(32-23)33-24-14-20(27(29)35)8-9-26(24)36-17-19-6-4-3-5-7-19;1-12(2)27-11-15(14-5-7-23-10-18(14)27)16-6-8-24-21(25-16)26-17-9-13(20(22)29)3-4-19(17)28;;;;/h3-16,18H,17H2,1-2H3,(H2,29,35)(H,31,32,33);3-12,28H,1-2H3,(H2,22,29)(H,24,25,26);1H3;2*1H2;/q;;-1;;;. The number of nitrogens with zero attached hydrogens (tertiary/aromatic N) is 8. The Morgan fingerprint density at radius 2 is 1.13 bits per heavy atom. The van der Waals surface area contributed by atoms with Crippen LogP contribution in [0.1, 0.15) is 66.1 Å². The van der Waals surface area contributed by atoms with E-state index in [1.807, 2.05) is 73.2 Å². The molecular weight excluding hydrogens is 971 g/mol. The minimum absolute atomic E-state index is 0. The number of carbonyl (C=O) groups excluding carboxylic acids is 2. The SMILES string of the molecule is CC(C)n1cc(-c2ccnc(Nc3cc(C(N)=O)ccc3O)n2)c2ccncc21.CC(C)n1cc(-c2ccnc(Nc3cc(C(N)=O)ccc3OCc3ccccc3)n2)c2ccncc21.O.O.[CH3-].[Pd]. The first-order valence-corrected chi connectivity index (χ1v) is 20.8. The number of primary amides is 2. The smallest absolute Gasteiger partial charge is 0.248 e. The van der Waals surface area contributed by atoms with Gasteiger partial charge in [-0.2, -0.15) is 0 Å². The van der Waals surface area contributed by atoms with E-state index in [0.29, 0.717) is 41.2 Å². The third-order valence-electron chi connectivity index (χ3n) is 10.5. The molecule has 0 saturated heterocycles. The minimum atomic E-state index is -0.585.